The Balaban J connectivity index is 1.42. The molecule has 0 amide bonds. The first-order valence-electron chi connectivity index (χ1n) is 14.0. The van der Waals surface area contributed by atoms with Crippen LogP contribution in [0.25, 0.3) is 0 Å². The predicted molar refractivity (Wildman–Crippen MR) is 154 cm³/mol. The first-order valence-corrected chi connectivity index (χ1v) is 16.9. The standard InChI is InChI=1S/C27H42N4O10Si/c1-15-10-30(25(35)28-23(15)33)21-8-17(19(12-32)39-21)38-14-37-13-20-18(41-42(6,7)27(3,4)5)9-22(40-20)31-11-16(2)24(34)29-26(31)36/h10-11,17-22,32H,8-9,12-14H2,1-7H3,(H,28,33,35)(H,29,34,36)/t17-,18-,19+,20+,21+,22+/m0/s1. The summed E-state index contributed by atoms with van der Waals surface area (Å²) in [4.78, 5) is 53.1. The van der Waals surface area contributed by atoms with Crippen molar-refractivity contribution in [3.05, 3.63) is 65.2 Å². The third kappa shape index (κ3) is 6.93. The van der Waals surface area contributed by atoms with Gasteiger partial charge in [0.2, 0.25) is 0 Å². The van der Waals surface area contributed by atoms with Crippen LogP contribution in [-0.4, -0.2) is 76.9 Å². The van der Waals surface area contributed by atoms with Gasteiger partial charge in [0, 0.05) is 36.4 Å². The fraction of sp³-hybridized carbons (Fsp3) is 0.704. The normalized spacial score (nSPS) is 26.7. The van der Waals surface area contributed by atoms with Crippen LogP contribution in [0.3, 0.4) is 0 Å². The topological polar surface area (TPSA) is 176 Å². The summed E-state index contributed by atoms with van der Waals surface area (Å²) >= 11 is 0. The molecule has 0 saturated carbocycles. The van der Waals surface area contributed by atoms with Crippen LogP contribution in [0.1, 0.15) is 57.2 Å². The molecule has 234 valence electrons. The van der Waals surface area contributed by atoms with E-state index >= 15 is 0 Å². The van der Waals surface area contributed by atoms with E-state index in [1.165, 1.54) is 21.5 Å². The molecule has 4 rings (SSSR count). The highest BCUT2D eigenvalue weighted by Crippen LogP contribution is 2.41. The lowest BCUT2D eigenvalue weighted by Crippen LogP contribution is -2.46. The van der Waals surface area contributed by atoms with Crippen molar-refractivity contribution in [2.24, 2.45) is 0 Å². The second kappa shape index (κ2) is 12.5. The summed E-state index contributed by atoms with van der Waals surface area (Å²) in [5.41, 5.74) is -1.34. The van der Waals surface area contributed by atoms with Gasteiger partial charge in [0.1, 0.15) is 31.5 Å². The van der Waals surface area contributed by atoms with E-state index < -0.39 is 61.6 Å². The molecule has 2 saturated heterocycles. The second-order valence-electron chi connectivity index (χ2n) is 12.5. The minimum Gasteiger partial charge on any atom is -0.411 e. The molecular weight excluding hydrogens is 568 g/mol. The lowest BCUT2D eigenvalue weighted by molar-refractivity contribution is -0.142. The summed E-state index contributed by atoms with van der Waals surface area (Å²) in [6.07, 6.45) is 0.0272. The highest BCUT2D eigenvalue weighted by molar-refractivity contribution is 6.74. The number of nitrogens with one attached hydrogen (secondary N) is 2. The molecule has 6 atom stereocenters. The smallest absolute Gasteiger partial charge is 0.330 e. The Kier molecular flexibility index (Phi) is 9.61. The molecule has 2 aromatic rings. The summed E-state index contributed by atoms with van der Waals surface area (Å²) in [7, 11) is -2.22. The van der Waals surface area contributed by atoms with Gasteiger partial charge in [-0.3, -0.25) is 28.7 Å². The largest absolute Gasteiger partial charge is 0.411 e. The van der Waals surface area contributed by atoms with Crippen LogP contribution >= 0.6 is 0 Å². The van der Waals surface area contributed by atoms with E-state index in [4.69, 9.17) is 23.4 Å². The number of ether oxygens (including phenoxy) is 4. The van der Waals surface area contributed by atoms with Crippen LogP contribution in [0.15, 0.2) is 31.6 Å². The molecule has 2 aliphatic heterocycles. The fourth-order valence-electron chi connectivity index (χ4n) is 4.81. The summed E-state index contributed by atoms with van der Waals surface area (Å²) in [6, 6.07) is 0. The summed E-state index contributed by atoms with van der Waals surface area (Å²) in [5, 5.41) is 9.77. The summed E-state index contributed by atoms with van der Waals surface area (Å²) in [5.74, 6) is 0. The van der Waals surface area contributed by atoms with Gasteiger partial charge in [-0.15, -0.1) is 0 Å². The van der Waals surface area contributed by atoms with Gasteiger partial charge >= 0.3 is 11.4 Å². The van der Waals surface area contributed by atoms with Crippen LogP contribution in [-0.2, 0) is 23.4 Å². The van der Waals surface area contributed by atoms with Gasteiger partial charge in [-0.1, -0.05) is 20.8 Å². The number of aryl methyl sites for hydroxylation is 2. The fourth-order valence-corrected chi connectivity index (χ4v) is 6.17. The van der Waals surface area contributed by atoms with E-state index in [9.17, 15) is 24.3 Å². The number of hydrogen-bond donors (Lipinski definition) is 3. The molecular formula is C27H42N4O10Si. The molecule has 0 unspecified atom stereocenters. The molecule has 0 aliphatic carbocycles. The third-order valence-corrected chi connectivity index (χ3v) is 12.9. The Labute approximate surface area is 243 Å². The average molecular weight is 611 g/mol. The van der Waals surface area contributed by atoms with E-state index in [0.717, 1.165) is 0 Å². The summed E-state index contributed by atoms with van der Waals surface area (Å²) in [6.45, 7) is 13.5. The Morgan fingerprint density at radius 3 is 1.90 bits per heavy atom. The first-order chi connectivity index (χ1) is 19.6. The summed E-state index contributed by atoms with van der Waals surface area (Å²) < 4.78 is 33.1. The van der Waals surface area contributed by atoms with Crippen molar-refractivity contribution < 1.29 is 28.5 Å². The second-order valence-corrected chi connectivity index (χ2v) is 17.2. The molecule has 2 aliphatic rings. The van der Waals surface area contributed by atoms with Crippen LogP contribution in [0.2, 0.25) is 18.1 Å². The zero-order valence-corrected chi connectivity index (χ0v) is 26.2. The van der Waals surface area contributed by atoms with Crippen molar-refractivity contribution in [1.29, 1.82) is 0 Å². The van der Waals surface area contributed by atoms with Gasteiger partial charge in [0.25, 0.3) is 11.1 Å². The van der Waals surface area contributed by atoms with Crippen molar-refractivity contribution in [2.45, 2.75) is 102 Å². The van der Waals surface area contributed by atoms with Gasteiger partial charge < -0.3 is 28.5 Å². The number of aliphatic hydroxyl groups excluding tert-OH is 1. The number of hydrogen-bond acceptors (Lipinski definition) is 10. The maximum absolute atomic E-state index is 12.6. The zero-order valence-electron chi connectivity index (χ0n) is 25.2. The lowest BCUT2D eigenvalue weighted by atomic mass is 10.2. The van der Waals surface area contributed by atoms with Gasteiger partial charge in [-0.2, -0.15) is 0 Å². The van der Waals surface area contributed by atoms with Crippen molar-refractivity contribution in [3.63, 3.8) is 0 Å². The number of nitrogens with zero attached hydrogens (tertiary/aromatic N) is 2. The average Bonchev–Trinajstić information content (AvgIpc) is 3.49. The Morgan fingerprint density at radius 1 is 0.905 bits per heavy atom. The van der Waals surface area contributed by atoms with E-state index in [1.54, 1.807) is 13.8 Å². The highest BCUT2D eigenvalue weighted by Gasteiger charge is 2.45. The first kappa shape index (κ1) is 32.3. The molecule has 3 N–H and O–H groups in total. The Bertz CT molecular complexity index is 1490. The van der Waals surface area contributed by atoms with E-state index in [2.05, 4.69) is 43.8 Å². The molecule has 0 spiro atoms. The van der Waals surface area contributed by atoms with Gasteiger partial charge in [0.15, 0.2) is 8.32 Å². The third-order valence-electron chi connectivity index (χ3n) is 8.35. The SMILES string of the molecule is Cc1cn([C@H]2C[C@H](OCOC[C@H]3O[C@@H](n4cc(C)c(=O)[nH]c4=O)C[C@@H]3O[Si](C)(C)C(C)(C)C)[C@@H](CO)O2)c(=O)[nH]c1=O. The maximum atomic E-state index is 12.6. The van der Waals surface area contributed by atoms with E-state index in [0.29, 0.717) is 17.5 Å². The molecule has 0 aromatic carbocycles. The lowest BCUT2D eigenvalue weighted by Gasteiger charge is -2.39. The van der Waals surface area contributed by atoms with Crippen molar-refractivity contribution in [3.8, 4) is 0 Å². The predicted octanol–water partition coefficient (Wildman–Crippen LogP) is 1.02. The number of aromatic amines is 2. The number of aromatic nitrogens is 4. The molecule has 0 bridgehead atoms. The molecule has 2 aromatic heterocycles. The molecule has 4 heterocycles. The number of aliphatic hydroxyl groups is 1. The minimum atomic E-state index is -2.22. The number of rotatable bonds is 10. The highest BCUT2D eigenvalue weighted by atomic mass is 28.4. The van der Waals surface area contributed by atoms with Crippen LogP contribution in [0.5, 0.6) is 0 Å². The van der Waals surface area contributed by atoms with Crippen molar-refractivity contribution >= 4 is 8.32 Å². The van der Waals surface area contributed by atoms with E-state index in [1.807, 2.05) is 0 Å². The molecule has 15 heteroatoms. The zero-order chi connectivity index (χ0) is 31.0. The molecule has 42 heavy (non-hydrogen) atoms. The van der Waals surface area contributed by atoms with Crippen LogP contribution < -0.4 is 22.5 Å². The molecule has 14 nitrogen and oxygen atoms in total. The van der Waals surface area contributed by atoms with Crippen molar-refractivity contribution in [1.82, 2.24) is 19.1 Å². The molecule has 0 radical (unpaired) electrons. The Hall–Kier alpha value is -2.66. The Morgan fingerprint density at radius 2 is 1.40 bits per heavy atom. The quantitative estimate of drug-likeness (QED) is 0.200. The number of H-pyrrole nitrogens is 2. The monoisotopic (exact) mass is 610 g/mol. The van der Waals surface area contributed by atoms with E-state index in [-0.39, 0.29) is 37.6 Å². The van der Waals surface area contributed by atoms with Crippen LogP contribution in [0.4, 0.5) is 0 Å². The van der Waals surface area contributed by atoms with Crippen molar-refractivity contribution in [2.75, 3.05) is 20.0 Å². The molecule has 2 fully saturated rings. The van der Waals surface area contributed by atoms with Gasteiger partial charge in [0.05, 0.1) is 25.4 Å². The van der Waals surface area contributed by atoms with Gasteiger partial charge in [-0.25, -0.2) is 9.59 Å². The van der Waals surface area contributed by atoms with Gasteiger partial charge in [-0.05, 0) is 32.0 Å². The van der Waals surface area contributed by atoms with Crippen LogP contribution in [0, 0.1) is 13.8 Å². The minimum absolute atomic E-state index is 0.0599. The maximum Gasteiger partial charge on any atom is 0.330 e.